The first kappa shape index (κ1) is 14.2. The Labute approximate surface area is 131 Å². The number of rotatable bonds is 2. The van der Waals surface area contributed by atoms with Crippen molar-refractivity contribution in [1.29, 1.82) is 0 Å². The van der Waals surface area contributed by atoms with Crippen molar-refractivity contribution in [2.75, 3.05) is 26.2 Å². The largest absolute Gasteiger partial charge is 0.389 e. The highest BCUT2D eigenvalue weighted by atomic mass is 16.3. The third-order valence-corrected chi connectivity index (χ3v) is 5.58. The summed E-state index contributed by atoms with van der Waals surface area (Å²) in [6, 6.07) is 8.93. The third-order valence-electron chi connectivity index (χ3n) is 5.58. The number of benzene rings is 1. The second-order valence-electron chi connectivity index (χ2n) is 7.06. The van der Waals surface area contributed by atoms with Crippen LogP contribution < -0.4 is 5.32 Å². The van der Waals surface area contributed by atoms with Gasteiger partial charge in [-0.25, -0.2) is 0 Å². The van der Waals surface area contributed by atoms with Crippen LogP contribution in [0.5, 0.6) is 0 Å². The summed E-state index contributed by atoms with van der Waals surface area (Å²) < 4.78 is 2.16. The van der Waals surface area contributed by atoms with Gasteiger partial charge < -0.3 is 15.0 Å². The van der Waals surface area contributed by atoms with Crippen LogP contribution in [0, 0.1) is 5.92 Å². The van der Waals surface area contributed by atoms with Gasteiger partial charge in [0.2, 0.25) is 0 Å². The number of aromatic nitrogens is 1. The van der Waals surface area contributed by atoms with Gasteiger partial charge in [0, 0.05) is 50.9 Å². The van der Waals surface area contributed by atoms with E-state index in [4.69, 9.17) is 0 Å². The maximum absolute atomic E-state index is 10.7. The van der Waals surface area contributed by atoms with E-state index in [1.165, 1.54) is 16.5 Å². The molecule has 0 bridgehead atoms. The minimum atomic E-state index is -0.425. The molecule has 2 aromatic rings. The molecule has 3 heterocycles. The Morgan fingerprint density at radius 3 is 3.14 bits per heavy atom. The SMILES string of the molecule is Cn1ccc2cc(CN3CC[C@@]4(O)CCNC[C@H]4C3)ccc21. The van der Waals surface area contributed by atoms with Gasteiger partial charge in [0.15, 0.2) is 0 Å². The number of likely N-dealkylation sites (tertiary alicyclic amines) is 1. The number of nitrogens with zero attached hydrogens (tertiary/aromatic N) is 2. The number of nitrogens with one attached hydrogen (secondary N) is 1. The fraction of sp³-hybridized carbons (Fsp3) is 0.556. The molecule has 2 aliphatic heterocycles. The topological polar surface area (TPSA) is 40.4 Å². The summed E-state index contributed by atoms with van der Waals surface area (Å²) in [5.41, 5.74) is 2.23. The highest BCUT2D eigenvalue weighted by molar-refractivity contribution is 5.80. The molecule has 1 aromatic heterocycles. The van der Waals surface area contributed by atoms with E-state index in [0.29, 0.717) is 5.92 Å². The van der Waals surface area contributed by atoms with E-state index in [0.717, 1.165) is 45.6 Å². The summed E-state index contributed by atoms with van der Waals surface area (Å²) in [4.78, 5) is 2.50. The van der Waals surface area contributed by atoms with E-state index in [2.05, 4.69) is 52.3 Å². The molecule has 4 nitrogen and oxygen atoms in total. The Hall–Kier alpha value is -1.36. The normalized spacial score (nSPS) is 29.6. The molecular weight excluding hydrogens is 274 g/mol. The average Bonchev–Trinajstić information content (AvgIpc) is 2.88. The zero-order valence-electron chi connectivity index (χ0n) is 13.3. The van der Waals surface area contributed by atoms with Gasteiger partial charge in [-0.3, -0.25) is 4.90 Å². The van der Waals surface area contributed by atoms with Crippen LogP contribution in [-0.4, -0.2) is 46.4 Å². The van der Waals surface area contributed by atoms with Crippen molar-refractivity contribution in [2.45, 2.75) is 25.0 Å². The molecule has 4 heteroatoms. The lowest BCUT2D eigenvalue weighted by atomic mass is 9.76. The van der Waals surface area contributed by atoms with Crippen molar-refractivity contribution in [2.24, 2.45) is 13.0 Å². The van der Waals surface area contributed by atoms with Crippen LogP contribution in [-0.2, 0) is 13.6 Å². The molecule has 0 unspecified atom stereocenters. The first-order valence-corrected chi connectivity index (χ1v) is 8.33. The molecule has 0 radical (unpaired) electrons. The Morgan fingerprint density at radius 1 is 1.32 bits per heavy atom. The van der Waals surface area contributed by atoms with Crippen molar-refractivity contribution in [3.05, 3.63) is 36.0 Å². The molecular formula is C18H25N3O. The monoisotopic (exact) mass is 299 g/mol. The predicted octanol–water partition coefficient (Wildman–Crippen LogP) is 1.72. The summed E-state index contributed by atoms with van der Waals surface area (Å²) >= 11 is 0. The fourth-order valence-electron chi connectivity index (χ4n) is 4.12. The zero-order chi connectivity index (χ0) is 15.2. The summed E-state index contributed by atoms with van der Waals surface area (Å²) in [6.45, 7) is 4.88. The Morgan fingerprint density at radius 2 is 2.23 bits per heavy atom. The zero-order valence-corrected chi connectivity index (χ0v) is 13.3. The molecule has 0 amide bonds. The van der Waals surface area contributed by atoms with E-state index in [-0.39, 0.29) is 0 Å². The molecule has 0 aliphatic carbocycles. The average molecular weight is 299 g/mol. The number of hydrogen-bond donors (Lipinski definition) is 2. The van der Waals surface area contributed by atoms with Gasteiger partial charge in [-0.15, -0.1) is 0 Å². The first-order valence-electron chi connectivity index (χ1n) is 8.33. The van der Waals surface area contributed by atoms with Crippen LogP contribution in [0.3, 0.4) is 0 Å². The predicted molar refractivity (Wildman–Crippen MR) is 88.7 cm³/mol. The van der Waals surface area contributed by atoms with Gasteiger partial charge >= 0.3 is 0 Å². The van der Waals surface area contributed by atoms with Gasteiger partial charge in [0.05, 0.1) is 5.60 Å². The molecule has 1 aromatic carbocycles. The number of piperidine rings is 2. The van der Waals surface area contributed by atoms with Crippen molar-refractivity contribution in [1.82, 2.24) is 14.8 Å². The second-order valence-corrected chi connectivity index (χ2v) is 7.06. The van der Waals surface area contributed by atoms with Crippen molar-refractivity contribution in [3.8, 4) is 0 Å². The van der Waals surface area contributed by atoms with Gasteiger partial charge in [0.1, 0.15) is 0 Å². The third kappa shape index (κ3) is 2.45. The number of aryl methyl sites for hydroxylation is 1. The molecule has 2 aliphatic rings. The van der Waals surface area contributed by atoms with Crippen molar-refractivity contribution in [3.63, 3.8) is 0 Å². The summed E-state index contributed by atoms with van der Waals surface area (Å²) in [7, 11) is 2.09. The molecule has 2 N–H and O–H groups in total. The van der Waals surface area contributed by atoms with Crippen LogP contribution in [0.2, 0.25) is 0 Å². The standard InChI is InChI=1S/C18H25N3O/c1-20-8-4-15-10-14(2-3-17(15)20)12-21-9-6-18(22)5-7-19-11-16(18)13-21/h2-4,8,10,16,19,22H,5-7,9,11-13H2,1H3/t16-,18-/m0/s1. The van der Waals surface area contributed by atoms with E-state index < -0.39 is 5.60 Å². The fourth-order valence-corrected chi connectivity index (χ4v) is 4.12. The first-order chi connectivity index (χ1) is 10.6. The van der Waals surface area contributed by atoms with Crippen molar-refractivity contribution < 1.29 is 5.11 Å². The maximum Gasteiger partial charge on any atom is 0.0724 e. The van der Waals surface area contributed by atoms with E-state index in [1.807, 2.05) is 0 Å². The van der Waals surface area contributed by atoms with Crippen LogP contribution in [0.25, 0.3) is 10.9 Å². The maximum atomic E-state index is 10.7. The minimum absolute atomic E-state index is 0.371. The van der Waals surface area contributed by atoms with Gasteiger partial charge in [-0.2, -0.15) is 0 Å². The Balaban J connectivity index is 1.48. The smallest absolute Gasteiger partial charge is 0.0724 e. The minimum Gasteiger partial charge on any atom is -0.389 e. The van der Waals surface area contributed by atoms with Crippen LogP contribution in [0.15, 0.2) is 30.5 Å². The van der Waals surface area contributed by atoms with Crippen LogP contribution >= 0.6 is 0 Å². The molecule has 2 fully saturated rings. The lowest BCUT2D eigenvalue weighted by Gasteiger charge is -2.47. The molecule has 4 rings (SSSR count). The molecule has 2 atom stereocenters. The lowest BCUT2D eigenvalue weighted by Crippen LogP contribution is -2.58. The van der Waals surface area contributed by atoms with E-state index in [1.54, 1.807) is 0 Å². The molecule has 0 saturated carbocycles. The number of hydrogen-bond acceptors (Lipinski definition) is 3. The van der Waals surface area contributed by atoms with E-state index >= 15 is 0 Å². The lowest BCUT2D eigenvalue weighted by molar-refractivity contribution is -0.0899. The molecule has 0 spiro atoms. The summed E-state index contributed by atoms with van der Waals surface area (Å²) in [5, 5.41) is 15.5. The number of aliphatic hydroxyl groups is 1. The quantitative estimate of drug-likeness (QED) is 0.887. The second kappa shape index (κ2) is 5.37. The summed E-state index contributed by atoms with van der Waals surface area (Å²) in [5.74, 6) is 0.371. The van der Waals surface area contributed by atoms with Gasteiger partial charge in [0.25, 0.3) is 0 Å². The molecule has 118 valence electrons. The van der Waals surface area contributed by atoms with Crippen molar-refractivity contribution >= 4 is 10.9 Å². The van der Waals surface area contributed by atoms with Crippen LogP contribution in [0.4, 0.5) is 0 Å². The van der Waals surface area contributed by atoms with E-state index in [9.17, 15) is 5.11 Å². The highest BCUT2D eigenvalue weighted by Gasteiger charge is 2.42. The number of fused-ring (bicyclic) bond motifs is 2. The van der Waals surface area contributed by atoms with Gasteiger partial charge in [-0.05, 0) is 48.5 Å². The Bertz CT molecular complexity index is 680. The van der Waals surface area contributed by atoms with Gasteiger partial charge in [-0.1, -0.05) is 6.07 Å². The molecule has 2 saturated heterocycles. The molecule has 22 heavy (non-hydrogen) atoms. The summed E-state index contributed by atoms with van der Waals surface area (Å²) in [6.07, 6.45) is 3.93. The Kier molecular flexibility index (Phi) is 3.48. The highest BCUT2D eigenvalue weighted by Crippen LogP contribution is 2.33. The van der Waals surface area contributed by atoms with Crippen LogP contribution in [0.1, 0.15) is 18.4 Å².